The lowest BCUT2D eigenvalue weighted by atomic mass is 10.0. The molecular weight excluding hydrogens is 651 g/mol. The summed E-state index contributed by atoms with van der Waals surface area (Å²) in [6, 6.07) is 10.7. The van der Waals surface area contributed by atoms with E-state index < -0.39 is 13.7 Å². The van der Waals surface area contributed by atoms with Gasteiger partial charge in [0.05, 0.1) is 18.3 Å². The molecular formula is C36H51N9O4Si. The highest BCUT2D eigenvalue weighted by Gasteiger charge is 2.43. The zero-order chi connectivity index (χ0) is 35.8. The van der Waals surface area contributed by atoms with Crippen LogP contribution in [-0.4, -0.2) is 103 Å². The fourth-order valence-electron chi connectivity index (χ4n) is 6.47. The van der Waals surface area contributed by atoms with E-state index in [1.54, 1.807) is 26.6 Å². The van der Waals surface area contributed by atoms with Crippen LogP contribution in [0.25, 0.3) is 28.2 Å². The van der Waals surface area contributed by atoms with Crippen LogP contribution < -0.4 is 4.90 Å². The molecule has 3 aromatic heterocycles. The van der Waals surface area contributed by atoms with Gasteiger partial charge in [0, 0.05) is 51.6 Å². The minimum atomic E-state index is -1.14. The van der Waals surface area contributed by atoms with Crippen molar-refractivity contribution in [2.24, 2.45) is 5.92 Å². The molecule has 268 valence electrons. The summed E-state index contributed by atoms with van der Waals surface area (Å²) in [5.41, 5.74) is 2.79. The number of carbonyl (C=O) groups excluding carboxylic acids is 2. The lowest BCUT2D eigenvalue weighted by molar-refractivity contribution is 0.0208. The number of anilines is 1. The van der Waals surface area contributed by atoms with E-state index in [-0.39, 0.29) is 30.1 Å². The van der Waals surface area contributed by atoms with Gasteiger partial charge in [0.25, 0.3) is 0 Å². The van der Waals surface area contributed by atoms with Gasteiger partial charge in [-0.2, -0.15) is 5.10 Å². The number of hydrogen-bond donors (Lipinski definition) is 0. The number of rotatable bonds is 11. The molecule has 2 saturated heterocycles. The molecule has 0 saturated carbocycles. The molecule has 14 heteroatoms. The van der Waals surface area contributed by atoms with E-state index in [0.717, 1.165) is 42.2 Å². The Kier molecular flexibility index (Phi) is 10.0. The van der Waals surface area contributed by atoms with E-state index in [1.165, 1.54) is 0 Å². The average Bonchev–Trinajstić information content (AvgIpc) is 3.85. The van der Waals surface area contributed by atoms with Crippen LogP contribution in [0.4, 0.5) is 15.4 Å². The van der Waals surface area contributed by atoms with Gasteiger partial charge in [-0.05, 0) is 57.2 Å². The lowest BCUT2D eigenvalue weighted by Gasteiger charge is -2.30. The maximum Gasteiger partial charge on any atom is 0.410 e. The van der Waals surface area contributed by atoms with Crippen LogP contribution in [0.3, 0.4) is 0 Å². The summed E-state index contributed by atoms with van der Waals surface area (Å²) in [7, 11) is -1.14. The normalized spacial score (nSPS) is 18.7. The van der Waals surface area contributed by atoms with Crippen LogP contribution in [0, 0.1) is 5.92 Å². The zero-order valence-electron chi connectivity index (χ0n) is 30.7. The molecule has 2 aliphatic rings. The minimum absolute atomic E-state index is 0.0717. The summed E-state index contributed by atoms with van der Waals surface area (Å²) >= 11 is 0. The molecule has 2 fully saturated rings. The first-order chi connectivity index (χ1) is 23.7. The highest BCUT2D eigenvalue weighted by atomic mass is 28.3. The van der Waals surface area contributed by atoms with E-state index >= 15 is 0 Å². The van der Waals surface area contributed by atoms with Gasteiger partial charge in [0.2, 0.25) is 0 Å². The summed E-state index contributed by atoms with van der Waals surface area (Å²) in [5.74, 6) is 1.41. The molecule has 0 bridgehead atoms. The molecule has 0 spiro atoms. The van der Waals surface area contributed by atoms with Crippen LogP contribution in [0.2, 0.25) is 25.7 Å². The Hall–Kier alpha value is -4.30. The predicted octanol–water partition coefficient (Wildman–Crippen LogP) is 6.63. The summed E-state index contributed by atoms with van der Waals surface area (Å²) < 4.78 is 15.0. The summed E-state index contributed by atoms with van der Waals surface area (Å²) in [6.45, 7) is 19.6. The second-order valence-electron chi connectivity index (χ2n) is 16.0. The average molecular weight is 702 g/mol. The monoisotopic (exact) mass is 701 g/mol. The number of benzene rings is 1. The molecule has 0 N–H and O–H groups in total. The van der Waals surface area contributed by atoms with Crippen molar-refractivity contribution in [3.05, 3.63) is 49.1 Å². The van der Waals surface area contributed by atoms with Crippen LogP contribution in [0.1, 0.15) is 47.5 Å². The highest BCUT2D eigenvalue weighted by Crippen LogP contribution is 2.32. The fourth-order valence-corrected chi connectivity index (χ4v) is 7.23. The van der Waals surface area contributed by atoms with Crippen molar-refractivity contribution in [3.63, 3.8) is 0 Å². The van der Waals surface area contributed by atoms with E-state index in [2.05, 4.69) is 48.7 Å². The van der Waals surface area contributed by atoms with Gasteiger partial charge in [-0.15, -0.1) is 5.10 Å². The van der Waals surface area contributed by atoms with Gasteiger partial charge in [0.15, 0.2) is 11.5 Å². The van der Waals surface area contributed by atoms with E-state index in [0.29, 0.717) is 43.7 Å². The van der Waals surface area contributed by atoms with Crippen LogP contribution >= 0.6 is 0 Å². The largest absolute Gasteiger partial charge is 0.444 e. The Bertz CT molecular complexity index is 1810. The van der Waals surface area contributed by atoms with Gasteiger partial charge in [-0.25, -0.2) is 28.8 Å². The molecule has 50 heavy (non-hydrogen) atoms. The van der Waals surface area contributed by atoms with Gasteiger partial charge >= 0.3 is 12.1 Å². The van der Waals surface area contributed by atoms with Crippen molar-refractivity contribution in [3.8, 4) is 22.5 Å². The Labute approximate surface area is 295 Å². The van der Waals surface area contributed by atoms with Gasteiger partial charge in [0.1, 0.15) is 24.5 Å². The second-order valence-corrected chi connectivity index (χ2v) is 21.6. The first-order valence-electron chi connectivity index (χ1n) is 17.7. The third kappa shape index (κ3) is 8.01. The Balaban J connectivity index is 1.17. The predicted molar refractivity (Wildman–Crippen MR) is 196 cm³/mol. The highest BCUT2D eigenvalue weighted by molar-refractivity contribution is 6.76. The topological polar surface area (TPSA) is 123 Å². The van der Waals surface area contributed by atoms with Crippen molar-refractivity contribution in [1.29, 1.82) is 0 Å². The van der Waals surface area contributed by atoms with E-state index in [4.69, 9.17) is 14.5 Å². The van der Waals surface area contributed by atoms with Gasteiger partial charge in [-0.1, -0.05) is 57.8 Å². The summed E-state index contributed by atoms with van der Waals surface area (Å²) in [4.78, 5) is 42.0. The van der Waals surface area contributed by atoms with Crippen LogP contribution in [0.5, 0.6) is 0 Å². The molecule has 5 heterocycles. The third-order valence-electron chi connectivity index (χ3n) is 9.23. The molecule has 2 atom stereocenters. The van der Waals surface area contributed by atoms with Crippen molar-refractivity contribution < 1.29 is 19.1 Å². The number of hydrogen-bond acceptors (Lipinski definition) is 8. The molecule has 0 unspecified atom stereocenters. The molecule has 1 aromatic carbocycles. The minimum Gasteiger partial charge on any atom is -0.444 e. The summed E-state index contributed by atoms with van der Waals surface area (Å²) in [6.07, 6.45) is 6.76. The molecule has 0 radical (unpaired) electrons. The molecule has 3 amide bonds. The molecule has 4 aromatic rings. The van der Waals surface area contributed by atoms with Crippen LogP contribution in [0.15, 0.2) is 49.1 Å². The lowest BCUT2D eigenvalue weighted by Crippen LogP contribution is -2.46. The SMILES string of the molecule is CC(C)[C@H]1CN(C[C@H]2CCCN2C(=O)OC(C)(C)C)C(=O)N1c1ccn2ncc(-c3ccc(-c4ncn(COCC[Si](C)(C)C)n4)cc3)c2n1. The number of amides is 3. The van der Waals surface area contributed by atoms with Crippen LogP contribution in [-0.2, 0) is 16.2 Å². The number of ether oxygens (including phenoxy) is 2. The Morgan fingerprint density at radius 2 is 1.82 bits per heavy atom. The third-order valence-corrected chi connectivity index (χ3v) is 10.9. The van der Waals surface area contributed by atoms with Gasteiger partial charge < -0.3 is 19.3 Å². The van der Waals surface area contributed by atoms with Crippen molar-refractivity contribution in [1.82, 2.24) is 39.2 Å². The molecule has 2 aliphatic heterocycles. The summed E-state index contributed by atoms with van der Waals surface area (Å²) in [5, 5.41) is 9.16. The maximum absolute atomic E-state index is 14.1. The quantitative estimate of drug-likeness (QED) is 0.126. The van der Waals surface area contributed by atoms with Gasteiger partial charge in [-0.3, -0.25) is 4.90 Å². The zero-order valence-corrected chi connectivity index (χ0v) is 31.7. The first kappa shape index (κ1) is 35.5. The Morgan fingerprint density at radius 3 is 2.52 bits per heavy atom. The smallest absolute Gasteiger partial charge is 0.410 e. The number of nitrogens with zero attached hydrogens (tertiary/aromatic N) is 9. The maximum atomic E-state index is 14.1. The Morgan fingerprint density at radius 1 is 1.08 bits per heavy atom. The van der Waals surface area contributed by atoms with Crippen molar-refractivity contribution >= 4 is 31.7 Å². The number of fused-ring (bicyclic) bond motifs is 1. The van der Waals surface area contributed by atoms with E-state index in [9.17, 15) is 9.59 Å². The number of carbonyl (C=O) groups is 2. The first-order valence-corrected chi connectivity index (χ1v) is 21.4. The fraction of sp³-hybridized carbons (Fsp3) is 0.556. The number of aromatic nitrogens is 6. The standard InChI is InChI=1S/C36H51N9O4Si/c1-25(2)30-22-41(21-28-10-9-16-43(28)35(47)49-36(3,4)5)34(46)45(30)31-15-17-44-33(39-31)29(20-38-44)26-11-13-27(14-12-26)32-37-23-42(40-32)24-48-18-19-50(6,7)8/h11-15,17,20,23,25,28,30H,9-10,16,18-19,21-22,24H2,1-8H3/t28-,30-/m1/s1. The number of likely N-dealkylation sites (tertiary alicyclic amines) is 1. The van der Waals surface area contributed by atoms with Crippen molar-refractivity contribution in [2.75, 3.05) is 31.1 Å². The number of urea groups is 1. The van der Waals surface area contributed by atoms with E-state index in [1.807, 2.05) is 67.1 Å². The molecule has 6 rings (SSSR count). The van der Waals surface area contributed by atoms with Crippen molar-refractivity contribution in [2.45, 2.75) is 97.6 Å². The molecule has 0 aliphatic carbocycles. The molecule has 13 nitrogen and oxygen atoms in total. The second kappa shape index (κ2) is 14.1.